The Balaban J connectivity index is 2.32. The average molecular weight is 185 g/mol. The molecule has 1 heterocycles. The monoisotopic (exact) mass is 185 g/mol. The zero-order valence-corrected chi connectivity index (χ0v) is 7.05. The third-order valence-corrected chi connectivity index (χ3v) is 2.01. The Morgan fingerprint density at radius 1 is 1.38 bits per heavy atom. The minimum atomic E-state index is -2.56. The van der Waals surface area contributed by atoms with E-state index in [1.807, 2.05) is 0 Å². The van der Waals surface area contributed by atoms with Crippen LogP contribution in [0.4, 0.5) is 14.5 Å². The first-order chi connectivity index (χ1) is 6.12. The molecule has 0 radical (unpaired) electrons. The van der Waals surface area contributed by atoms with E-state index in [1.165, 1.54) is 6.92 Å². The van der Waals surface area contributed by atoms with E-state index in [2.05, 4.69) is 5.32 Å². The van der Waals surface area contributed by atoms with E-state index in [1.54, 1.807) is 24.3 Å². The van der Waals surface area contributed by atoms with Gasteiger partial charge in [-0.15, -0.1) is 0 Å². The molecule has 1 aromatic rings. The Morgan fingerprint density at radius 2 is 2.08 bits per heavy atom. The molecule has 4 heteroatoms. The average Bonchev–Trinajstić information content (AvgIpc) is 2.42. The lowest BCUT2D eigenvalue weighted by Gasteiger charge is -2.22. The Bertz CT molecular complexity index is 302. The van der Waals surface area contributed by atoms with E-state index in [-0.39, 0.29) is 0 Å². The molecule has 1 aliphatic rings. The Kier molecular flexibility index (Phi) is 1.65. The van der Waals surface area contributed by atoms with Gasteiger partial charge in [-0.2, -0.15) is 0 Å². The van der Waals surface area contributed by atoms with Crippen LogP contribution in [0.2, 0.25) is 0 Å². The van der Waals surface area contributed by atoms with Gasteiger partial charge in [-0.05, 0) is 12.1 Å². The molecule has 0 saturated carbocycles. The van der Waals surface area contributed by atoms with Gasteiger partial charge in [0.1, 0.15) is 5.75 Å². The number of rotatable bonds is 1. The fourth-order valence-corrected chi connectivity index (χ4v) is 1.28. The highest BCUT2D eigenvalue weighted by Crippen LogP contribution is 2.38. The molecule has 1 unspecified atom stereocenters. The standard InChI is InChI=1S/C9H9F2NO/c1-9(8(10)11)12-6-4-2-3-5-7(6)13-9/h2-5,8,12H,1H3. The maximum Gasteiger partial charge on any atom is 0.296 e. The molecule has 0 aliphatic carbocycles. The van der Waals surface area contributed by atoms with Crippen molar-refractivity contribution in [1.29, 1.82) is 0 Å². The molecule has 13 heavy (non-hydrogen) atoms. The lowest BCUT2D eigenvalue weighted by atomic mass is 10.2. The van der Waals surface area contributed by atoms with E-state index in [4.69, 9.17) is 4.74 Å². The summed E-state index contributed by atoms with van der Waals surface area (Å²) in [5.74, 6) is 0.477. The molecule has 0 aromatic heterocycles. The molecule has 0 fully saturated rings. The third-order valence-electron chi connectivity index (χ3n) is 2.01. The molecule has 1 atom stereocenters. The number of hydrogen-bond acceptors (Lipinski definition) is 2. The topological polar surface area (TPSA) is 21.3 Å². The van der Waals surface area contributed by atoms with Gasteiger partial charge in [0.05, 0.1) is 5.69 Å². The summed E-state index contributed by atoms with van der Waals surface area (Å²) in [7, 11) is 0. The number of halogens is 2. The van der Waals surface area contributed by atoms with Crippen molar-refractivity contribution in [1.82, 2.24) is 0 Å². The van der Waals surface area contributed by atoms with Crippen LogP contribution in [0.25, 0.3) is 0 Å². The molecule has 2 nitrogen and oxygen atoms in total. The van der Waals surface area contributed by atoms with Crippen LogP contribution in [-0.2, 0) is 0 Å². The summed E-state index contributed by atoms with van der Waals surface area (Å²) < 4.78 is 30.1. The van der Waals surface area contributed by atoms with Crippen molar-refractivity contribution in [2.75, 3.05) is 5.32 Å². The van der Waals surface area contributed by atoms with Gasteiger partial charge in [0.15, 0.2) is 0 Å². The maximum absolute atomic E-state index is 12.5. The Morgan fingerprint density at radius 3 is 2.69 bits per heavy atom. The van der Waals surface area contributed by atoms with Gasteiger partial charge >= 0.3 is 0 Å². The van der Waals surface area contributed by atoms with Gasteiger partial charge < -0.3 is 10.1 Å². The molecule has 2 rings (SSSR count). The van der Waals surface area contributed by atoms with Crippen molar-refractivity contribution < 1.29 is 13.5 Å². The number of alkyl halides is 2. The lowest BCUT2D eigenvalue weighted by Crippen LogP contribution is -2.44. The van der Waals surface area contributed by atoms with Crippen LogP contribution in [0.3, 0.4) is 0 Å². The molecule has 1 aromatic carbocycles. The van der Waals surface area contributed by atoms with Crippen LogP contribution < -0.4 is 10.1 Å². The van der Waals surface area contributed by atoms with Crippen LogP contribution in [0, 0.1) is 0 Å². The van der Waals surface area contributed by atoms with Crippen LogP contribution in [-0.4, -0.2) is 12.2 Å². The molecule has 1 aliphatic heterocycles. The summed E-state index contributed by atoms with van der Waals surface area (Å²) in [6.07, 6.45) is -2.56. The van der Waals surface area contributed by atoms with Gasteiger partial charge in [0, 0.05) is 6.92 Å². The van der Waals surface area contributed by atoms with Gasteiger partial charge in [0.2, 0.25) is 5.72 Å². The zero-order valence-electron chi connectivity index (χ0n) is 7.05. The van der Waals surface area contributed by atoms with E-state index in [9.17, 15) is 8.78 Å². The minimum Gasteiger partial charge on any atom is -0.460 e. The number of ether oxygens (including phenoxy) is 1. The predicted octanol–water partition coefficient (Wildman–Crippen LogP) is 2.47. The highest BCUT2D eigenvalue weighted by Gasteiger charge is 2.42. The highest BCUT2D eigenvalue weighted by molar-refractivity contribution is 5.61. The zero-order chi connectivity index (χ0) is 9.47. The first kappa shape index (κ1) is 8.29. The van der Waals surface area contributed by atoms with Gasteiger partial charge in [-0.1, -0.05) is 12.1 Å². The number of hydrogen-bond donors (Lipinski definition) is 1. The minimum absolute atomic E-state index is 0.477. The van der Waals surface area contributed by atoms with E-state index < -0.39 is 12.2 Å². The summed E-state index contributed by atoms with van der Waals surface area (Å²) >= 11 is 0. The van der Waals surface area contributed by atoms with Crippen LogP contribution in [0.1, 0.15) is 6.92 Å². The molecular weight excluding hydrogens is 176 g/mol. The molecule has 70 valence electrons. The highest BCUT2D eigenvalue weighted by atomic mass is 19.3. The van der Waals surface area contributed by atoms with E-state index in [0.29, 0.717) is 11.4 Å². The second kappa shape index (κ2) is 2.58. The normalized spacial score (nSPS) is 25.2. The second-order valence-corrected chi connectivity index (χ2v) is 3.13. The predicted molar refractivity (Wildman–Crippen MR) is 45.1 cm³/mol. The smallest absolute Gasteiger partial charge is 0.296 e. The Labute approximate surface area is 74.5 Å². The summed E-state index contributed by atoms with van der Waals surface area (Å²) in [5, 5.41) is 2.64. The number of nitrogens with one attached hydrogen (secondary N) is 1. The van der Waals surface area contributed by atoms with Crippen molar-refractivity contribution >= 4 is 5.69 Å². The van der Waals surface area contributed by atoms with E-state index >= 15 is 0 Å². The number of benzene rings is 1. The number of anilines is 1. The van der Waals surface area contributed by atoms with Crippen molar-refractivity contribution in [3.8, 4) is 5.75 Å². The van der Waals surface area contributed by atoms with Gasteiger partial charge in [-0.25, -0.2) is 8.78 Å². The van der Waals surface area contributed by atoms with E-state index in [0.717, 1.165) is 0 Å². The molecule has 0 bridgehead atoms. The Hall–Kier alpha value is -1.32. The maximum atomic E-state index is 12.5. The summed E-state index contributed by atoms with van der Waals surface area (Å²) in [6.45, 7) is 1.33. The fraction of sp³-hybridized carbons (Fsp3) is 0.333. The van der Waals surface area contributed by atoms with Crippen molar-refractivity contribution in [3.05, 3.63) is 24.3 Å². The van der Waals surface area contributed by atoms with Gasteiger partial charge in [0.25, 0.3) is 6.43 Å². The summed E-state index contributed by atoms with van der Waals surface area (Å²) in [4.78, 5) is 0. The second-order valence-electron chi connectivity index (χ2n) is 3.13. The van der Waals surface area contributed by atoms with Gasteiger partial charge in [-0.3, -0.25) is 0 Å². The first-order valence-corrected chi connectivity index (χ1v) is 3.96. The summed E-state index contributed by atoms with van der Waals surface area (Å²) in [5.41, 5.74) is -0.964. The van der Waals surface area contributed by atoms with Crippen LogP contribution in [0.15, 0.2) is 24.3 Å². The van der Waals surface area contributed by atoms with Crippen LogP contribution >= 0.6 is 0 Å². The summed E-state index contributed by atoms with van der Waals surface area (Å²) in [6, 6.07) is 6.89. The third kappa shape index (κ3) is 1.22. The largest absolute Gasteiger partial charge is 0.460 e. The van der Waals surface area contributed by atoms with Crippen LogP contribution in [0.5, 0.6) is 5.75 Å². The lowest BCUT2D eigenvalue weighted by molar-refractivity contribution is -0.0345. The molecule has 1 N–H and O–H groups in total. The van der Waals surface area contributed by atoms with Crippen molar-refractivity contribution in [2.24, 2.45) is 0 Å². The van der Waals surface area contributed by atoms with Crippen molar-refractivity contribution in [3.63, 3.8) is 0 Å². The first-order valence-electron chi connectivity index (χ1n) is 3.96. The molecule has 0 amide bonds. The molecule has 0 saturated heterocycles. The quantitative estimate of drug-likeness (QED) is 0.725. The van der Waals surface area contributed by atoms with Crippen molar-refractivity contribution in [2.45, 2.75) is 19.1 Å². The fourth-order valence-electron chi connectivity index (χ4n) is 1.28. The number of para-hydroxylation sites is 2. The molecule has 0 spiro atoms. The SMILES string of the molecule is CC1(C(F)F)Nc2ccccc2O1. The number of fused-ring (bicyclic) bond motifs is 1. The molecular formula is C9H9F2NO.